The Hall–Kier alpha value is -2.23. The molecule has 0 aliphatic carbocycles. The highest BCUT2D eigenvalue weighted by Crippen LogP contribution is 2.12. The van der Waals surface area contributed by atoms with Gasteiger partial charge in [0.2, 0.25) is 0 Å². The van der Waals surface area contributed by atoms with Gasteiger partial charge in [0.25, 0.3) is 5.91 Å². The third kappa shape index (κ3) is 3.16. The van der Waals surface area contributed by atoms with Crippen LogP contribution in [-0.4, -0.2) is 22.3 Å². The molecular formula is C15H15FN2O. The Balaban J connectivity index is 2.18. The van der Waals surface area contributed by atoms with Crippen LogP contribution in [0.5, 0.6) is 0 Å². The van der Waals surface area contributed by atoms with Crippen LogP contribution in [0.4, 0.5) is 4.39 Å². The Labute approximate surface area is 111 Å². The van der Waals surface area contributed by atoms with Gasteiger partial charge in [0, 0.05) is 25.5 Å². The van der Waals surface area contributed by atoms with Gasteiger partial charge in [0.15, 0.2) is 0 Å². The second kappa shape index (κ2) is 6.09. The second-order valence-corrected chi connectivity index (χ2v) is 4.15. The maximum Gasteiger partial charge on any atom is 0.257 e. The zero-order valence-electron chi connectivity index (χ0n) is 10.7. The Kier molecular flexibility index (Phi) is 4.23. The van der Waals surface area contributed by atoms with Crippen molar-refractivity contribution in [1.29, 1.82) is 0 Å². The van der Waals surface area contributed by atoms with E-state index in [9.17, 15) is 9.18 Å². The van der Waals surface area contributed by atoms with Gasteiger partial charge < -0.3 is 4.90 Å². The third-order valence-electron chi connectivity index (χ3n) is 2.90. The van der Waals surface area contributed by atoms with Crippen molar-refractivity contribution >= 4 is 5.91 Å². The van der Waals surface area contributed by atoms with Gasteiger partial charge in [-0.25, -0.2) is 4.39 Å². The molecule has 0 bridgehead atoms. The molecule has 1 aromatic heterocycles. The maximum atomic E-state index is 13.6. The fraction of sp³-hybridized carbons (Fsp3) is 0.200. The molecule has 0 spiro atoms. The van der Waals surface area contributed by atoms with E-state index < -0.39 is 5.82 Å². The summed E-state index contributed by atoms with van der Waals surface area (Å²) in [5.74, 6) is -0.780. The predicted molar refractivity (Wildman–Crippen MR) is 71.1 cm³/mol. The van der Waals surface area contributed by atoms with Gasteiger partial charge >= 0.3 is 0 Å². The molecule has 0 unspecified atom stereocenters. The minimum atomic E-state index is -0.485. The fourth-order valence-corrected chi connectivity index (χ4v) is 1.84. The number of rotatable bonds is 4. The van der Waals surface area contributed by atoms with Crippen molar-refractivity contribution in [2.45, 2.75) is 13.5 Å². The SMILES string of the molecule is CCN(Cc1ccncc1)C(=O)c1ccccc1F. The van der Waals surface area contributed by atoms with E-state index in [4.69, 9.17) is 0 Å². The van der Waals surface area contributed by atoms with Crippen molar-refractivity contribution < 1.29 is 9.18 Å². The molecule has 0 saturated carbocycles. The summed E-state index contributed by atoms with van der Waals surface area (Å²) in [6, 6.07) is 9.73. The van der Waals surface area contributed by atoms with E-state index in [-0.39, 0.29) is 11.5 Å². The van der Waals surface area contributed by atoms with Crippen LogP contribution in [0.3, 0.4) is 0 Å². The number of hydrogen-bond donors (Lipinski definition) is 0. The minimum Gasteiger partial charge on any atom is -0.335 e. The van der Waals surface area contributed by atoms with E-state index in [1.54, 1.807) is 29.4 Å². The Morgan fingerprint density at radius 3 is 2.53 bits per heavy atom. The summed E-state index contributed by atoms with van der Waals surface area (Å²) in [6.07, 6.45) is 3.35. The molecule has 1 aromatic carbocycles. The van der Waals surface area contributed by atoms with Crippen LogP contribution in [-0.2, 0) is 6.54 Å². The lowest BCUT2D eigenvalue weighted by Crippen LogP contribution is -2.30. The number of hydrogen-bond acceptors (Lipinski definition) is 2. The number of amides is 1. The number of carbonyl (C=O) groups excluding carboxylic acids is 1. The number of aromatic nitrogens is 1. The van der Waals surface area contributed by atoms with E-state index in [0.717, 1.165) is 5.56 Å². The molecule has 2 aromatic rings. The van der Waals surface area contributed by atoms with Crippen molar-refractivity contribution in [2.24, 2.45) is 0 Å². The van der Waals surface area contributed by atoms with E-state index >= 15 is 0 Å². The Bertz CT molecular complexity index is 557. The Morgan fingerprint density at radius 1 is 1.21 bits per heavy atom. The molecule has 4 heteroatoms. The molecule has 19 heavy (non-hydrogen) atoms. The lowest BCUT2D eigenvalue weighted by molar-refractivity contribution is 0.0748. The summed E-state index contributed by atoms with van der Waals surface area (Å²) in [7, 11) is 0. The van der Waals surface area contributed by atoms with Gasteiger partial charge in [0.1, 0.15) is 5.82 Å². The molecule has 0 radical (unpaired) electrons. The van der Waals surface area contributed by atoms with Gasteiger partial charge in [-0.3, -0.25) is 9.78 Å². The largest absolute Gasteiger partial charge is 0.335 e. The van der Waals surface area contributed by atoms with Crippen molar-refractivity contribution in [3.63, 3.8) is 0 Å². The molecule has 0 aliphatic rings. The summed E-state index contributed by atoms with van der Waals surface area (Å²) < 4.78 is 13.6. The van der Waals surface area contributed by atoms with E-state index in [1.807, 2.05) is 19.1 Å². The van der Waals surface area contributed by atoms with Crippen LogP contribution < -0.4 is 0 Å². The zero-order chi connectivity index (χ0) is 13.7. The average molecular weight is 258 g/mol. The summed E-state index contributed by atoms with van der Waals surface area (Å²) in [4.78, 5) is 17.8. The van der Waals surface area contributed by atoms with Crippen molar-refractivity contribution in [2.75, 3.05) is 6.54 Å². The average Bonchev–Trinajstić information content (AvgIpc) is 2.46. The quantitative estimate of drug-likeness (QED) is 0.844. The molecule has 0 N–H and O–H groups in total. The van der Waals surface area contributed by atoms with Gasteiger partial charge in [-0.05, 0) is 36.8 Å². The summed E-state index contributed by atoms with van der Waals surface area (Å²) in [5.41, 5.74) is 1.08. The normalized spacial score (nSPS) is 10.2. The third-order valence-corrected chi connectivity index (χ3v) is 2.90. The number of nitrogens with zero attached hydrogens (tertiary/aromatic N) is 2. The number of benzene rings is 1. The lowest BCUT2D eigenvalue weighted by Gasteiger charge is -2.21. The molecule has 0 saturated heterocycles. The minimum absolute atomic E-state index is 0.110. The van der Waals surface area contributed by atoms with Gasteiger partial charge in [0.05, 0.1) is 5.56 Å². The lowest BCUT2D eigenvalue weighted by atomic mass is 10.1. The number of halogens is 1. The molecule has 1 amide bonds. The van der Waals surface area contributed by atoms with Crippen LogP contribution in [0.15, 0.2) is 48.8 Å². The molecule has 3 nitrogen and oxygen atoms in total. The first-order valence-electron chi connectivity index (χ1n) is 6.15. The second-order valence-electron chi connectivity index (χ2n) is 4.15. The van der Waals surface area contributed by atoms with Crippen molar-refractivity contribution in [1.82, 2.24) is 9.88 Å². The number of pyridine rings is 1. The summed E-state index contributed by atoms with van der Waals surface area (Å²) >= 11 is 0. The number of carbonyl (C=O) groups is 1. The van der Waals surface area contributed by atoms with Gasteiger partial charge in [-0.2, -0.15) is 0 Å². The molecule has 0 atom stereocenters. The molecule has 2 rings (SSSR count). The van der Waals surface area contributed by atoms with Crippen molar-refractivity contribution in [3.8, 4) is 0 Å². The van der Waals surface area contributed by atoms with Crippen LogP contribution >= 0.6 is 0 Å². The van der Waals surface area contributed by atoms with Gasteiger partial charge in [-0.15, -0.1) is 0 Å². The van der Waals surface area contributed by atoms with Crippen LogP contribution in [0.1, 0.15) is 22.8 Å². The summed E-state index contributed by atoms with van der Waals surface area (Å²) in [5, 5.41) is 0. The van der Waals surface area contributed by atoms with Crippen LogP contribution in [0, 0.1) is 5.82 Å². The van der Waals surface area contributed by atoms with E-state index in [0.29, 0.717) is 13.1 Å². The standard InChI is InChI=1S/C15H15FN2O/c1-2-18(11-12-7-9-17-10-8-12)15(19)13-5-3-4-6-14(13)16/h3-10H,2,11H2,1H3. The van der Waals surface area contributed by atoms with Crippen molar-refractivity contribution in [3.05, 3.63) is 65.7 Å². The van der Waals surface area contributed by atoms with Gasteiger partial charge in [-0.1, -0.05) is 12.1 Å². The van der Waals surface area contributed by atoms with Crippen LogP contribution in [0.25, 0.3) is 0 Å². The Morgan fingerprint density at radius 2 is 1.89 bits per heavy atom. The monoisotopic (exact) mass is 258 g/mol. The highest BCUT2D eigenvalue weighted by atomic mass is 19.1. The highest BCUT2D eigenvalue weighted by Gasteiger charge is 2.17. The van der Waals surface area contributed by atoms with E-state index in [2.05, 4.69) is 4.98 Å². The first-order valence-corrected chi connectivity index (χ1v) is 6.15. The zero-order valence-corrected chi connectivity index (χ0v) is 10.7. The maximum absolute atomic E-state index is 13.6. The first-order chi connectivity index (χ1) is 9.22. The molecular weight excluding hydrogens is 243 g/mol. The molecule has 0 fully saturated rings. The smallest absolute Gasteiger partial charge is 0.257 e. The summed E-state index contributed by atoms with van der Waals surface area (Å²) in [6.45, 7) is 2.85. The topological polar surface area (TPSA) is 33.2 Å². The molecule has 1 heterocycles. The molecule has 0 aliphatic heterocycles. The predicted octanol–water partition coefficient (Wildman–Crippen LogP) is 2.88. The highest BCUT2D eigenvalue weighted by molar-refractivity contribution is 5.94. The first kappa shape index (κ1) is 13.2. The van der Waals surface area contributed by atoms with E-state index in [1.165, 1.54) is 12.1 Å². The molecule has 98 valence electrons. The van der Waals surface area contributed by atoms with Crippen LogP contribution in [0.2, 0.25) is 0 Å². The fourth-order valence-electron chi connectivity index (χ4n) is 1.84.